The smallest absolute Gasteiger partial charge is 0.338 e. The number of hydrogen-bond donors (Lipinski definition) is 2. The Labute approximate surface area is 115 Å². The number of nitro benzene ring substituents is 1. The van der Waals surface area contributed by atoms with Crippen molar-refractivity contribution in [3.05, 3.63) is 33.9 Å². The Morgan fingerprint density at radius 1 is 1.55 bits per heavy atom. The van der Waals surface area contributed by atoms with Crippen LogP contribution in [0.5, 0.6) is 0 Å². The van der Waals surface area contributed by atoms with Crippen LogP contribution in [0.25, 0.3) is 0 Å². The molecule has 0 amide bonds. The number of hydrogen-bond acceptors (Lipinski definition) is 5. The van der Waals surface area contributed by atoms with Gasteiger partial charge in [-0.15, -0.1) is 0 Å². The highest BCUT2D eigenvalue weighted by Crippen LogP contribution is 2.30. The summed E-state index contributed by atoms with van der Waals surface area (Å²) in [5, 5.41) is 23.2. The van der Waals surface area contributed by atoms with Crippen molar-refractivity contribution < 1.29 is 19.6 Å². The molecule has 1 fully saturated rings. The fraction of sp³-hybridized carbons (Fsp3) is 0.462. The van der Waals surface area contributed by atoms with Crippen molar-refractivity contribution >= 4 is 17.3 Å². The molecule has 7 heteroatoms. The van der Waals surface area contributed by atoms with Crippen LogP contribution in [0.2, 0.25) is 0 Å². The molecule has 7 nitrogen and oxygen atoms in total. The van der Waals surface area contributed by atoms with Gasteiger partial charge in [-0.1, -0.05) is 6.07 Å². The molecule has 2 unspecified atom stereocenters. The molecular formula is C13H16N2O5. The maximum atomic E-state index is 11.2. The summed E-state index contributed by atoms with van der Waals surface area (Å²) in [7, 11) is 0. The highest BCUT2D eigenvalue weighted by Gasteiger charge is 2.26. The minimum absolute atomic E-state index is 0.0297. The Bertz CT molecular complexity index is 499. The van der Waals surface area contributed by atoms with Gasteiger partial charge in [-0.3, -0.25) is 10.1 Å². The molecule has 1 aromatic carbocycles. The lowest BCUT2D eigenvalue weighted by Gasteiger charge is -2.28. The second kappa shape index (κ2) is 5.87. The molecule has 2 N–H and O–H groups in total. The number of ether oxygens (including phenoxy) is 1. The quantitative estimate of drug-likeness (QED) is 0.648. The summed E-state index contributed by atoms with van der Waals surface area (Å²) >= 11 is 0. The van der Waals surface area contributed by atoms with Gasteiger partial charge >= 0.3 is 5.97 Å². The van der Waals surface area contributed by atoms with Crippen LogP contribution in [-0.4, -0.2) is 34.8 Å². The lowest BCUT2D eigenvalue weighted by molar-refractivity contribution is -0.384. The van der Waals surface area contributed by atoms with Gasteiger partial charge in [0.15, 0.2) is 0 Å². The van der Waals surface area contributed by atoms with Crippen LogP contribution in [0.1, 0.15) is 30.1 Å². The highest BCUT2D eigenvalue weighted by molar-refractivity contribution is 5.96. The van der Waals surface area contributed by atoms with Gasteiger partial charge in [0.1, 0.15) is 5.69 Å². The molecule has 0 radical (unpaired) electrons. The van der Waals surface area contributed by atoms with Crippen molar-refractivity contribution in [3.8, 4) is 0 Å². The molecule has 2 rings (SSSR count). The summed E-state index contributed by atoms with van der Waals surface area (Å²) < 4.78 is 5.41. The van der Waals surface area contributed by atoms with E-state index in [1.54, 1.807) is 0 Å². The van der Waals surface area contributed by atoms with E-state index >= 15 is 0 Å². The molecule has 0 spiro atoms. The van der Waals surface area contributed by atoms with Gasteiger partial charge in [0.2, 0.25) is 0 Å². The van der Waals surface area contributed by atoms with E-state index in [0.717, 1.165) is 0 Å². The van der Waals surface area contributed by atoms with E-state index in [1.165, 1.54) is 18.2 Å². The van der Waals surface area contributed by atoms with E-state index in [1.807, 2.05) is 6.92 Å². The summed E-state index contributed by atoms with van der Waals surface area (Å²) in [6, 6.07) is 4.01. The maximum Gasteiger partial charge on any atom is 0.338 e. The first-order chi connectivity index (χ1) is 9.49. The number of nitrogens with one attached hydrogen (secondary N) is 1. The van der Waals surface area contributed by atoms with Gasteiger partial charge in [-0.2, -0.15) is 0 Å². The monoisotopic (exact) mass is 280 g/mol. The summed E-state index contributed by atoms with van der Waals surface area (Å²) in [4.78, 5) is 21.7. The molecule has 1 aliphatic heterocycles. The average Bonchev–Trinajstić information content (AvgIpc) is 2.38. The molecule has 2 atom stereocenters. The summed E-state index contributed by atoms with van der Waals surface area (Å²) in [6.45, 7) is 2.48. The Morgan fingerprint density at radius 2 is 2.30 bits per heavy atom. The molecule has 1 saturated heterocycles. The number of aromatic carboxylic acids is 1. The van der Waals surface area contributed by atoms with Gasteiger partial charge in [0, 0.05) is 18.7 Å². The second-order valence-electron chi connectivity index (χ2n) is 4.81. The second-order valence-corrected chi connectivity index (χ2v) is 4.81. The van der Waals surface area contributed by atoms with Crippen molar-refractivity contribution in [1.82, 2.24) is 0 Å². The molecule has 0 aromatic heterocycles. The van der Waals surface area contributed by atoms with Crippen LogP contribution in [0.4, 0.5) is 11.4 Å². The van der Waals surface area contributed by atoms with Crippen LogP contribution in [0.3, 0.4) is 0 Å². The normalized spacial score (nSPS) is 22.2. The Hall–Kier alpha value is -2.15. The van der Waals surface area contributed by atoms with E-state index < -0.39 is 10.9 Å². The number of nitro groups is 1. The summed E-state index contributed by atoms with van der Waals surface area (Å²) in [5.41, 5.74) is -0.230. The molecule has 0 saturated carbocycles. The zero-order valence-corrected chi connectivity index (χ0v) is 11.0. The Kier molecular flexibility index (Phi) is 4.19. The van der Waals surface area contributed by atoms with Crippen LogP contribution in [-0.2, 0) is 4.74 Å². The Morgan fingerprint density at radius 3 is 2.90 bits per heavy atom. The van der Waals surface area contributed by atoms with Crippen LogP contribution in [0, 0.1) is 10.1 Å². The zero-order chi connectivity index (χ0) is 14.7. The largest absolute Gasteiger partial charge is 0.478 e. The highest BCUT2D eigenvalue weighted by atomic mass is 16.6. The molecular weight excluding hydrogens is 264 g/mol. The number of anilines is 1. The first-order valence-electron chi connectivity index (χ1n) is 6.38. The van der Waals surface area contributed by atoms with E-state index in [0.29, 0.717) is 19.4 Å². The number of para-hydroxylation sites is 1. The lowest BCUT2D eigenvalue weighted by atomic mass is 10.0. The first kappa shape index (κ1) is 14.3. The molecule has 0 aliphatic carbocycles. The first-order valence-corrected chi connectivity index (χ1v) is 6.38. The minimum atomic E-state index is -1.18. The molecule has 20 heavy (non-hydrogen) atoms. The molecule has 108 valence electrons. The predicted molar refractivity (Wildman–Crippen MR) is 72.1 cm³/mol. The average molecular weight is 280 g/mol. The van der Waals surface area contributed by atoms with Crippen LogP contribution < -0.4 is 5.32 Å². The van der Waals surface area contributed by atoms with Crippen LogP contribution in [0.15, 0.2) is 18.2 Å². The van der Waals surface area contributed by atoms with Gasteiger partial charge in [-0.25, -0.2) is 4.79 Å². The third-order valence-electron chi connectivity index (χ3n) is 3.30. The third kappa shape index (κ3) is 3.05. The van der Waals surface area contributed by atoms with Crippen molar-refractivity contribution in [2.24, 2.45) is 0 Å². The van der Waals surface area contributed by atoms with E-state index in [2.05, 4.69) is 5.32 Å². The minimum Gasteiger partial charge on any atom is -0.478 e. The van der Waals surface area contributed by atoms with E-state index in [9.17, 15) is 14.9 Å². The van der Waals surface area contributed by atoms with Crippen molar-refractivity contribution in [2.45, 2.75) is 31.9 Å². The molecule has 1 aromatic rings. The predicted octanol–water partition coefficient (Wildman–Crippen LogP) is 2.27. The van der Waals surface area contributed by atoms with Crippen LogP contribution >= 0.6 is 0 Å². The van der Waals surface area contributed by atoms with Gasteiger partial charge in [0.25, 0.3) is 5.69 Å². The lowest BCUT2D eigenvalue weighted by Crippen LogP contribution is -2.33. The SMILES string of the molecule is CC1CC(Nc2c(C(=O)O)cccc2[N+](=O)[O-])CCO1. The topological polar surface area (TPSA) is 102 Å². The maximum absolute atomic E-state index is 11.2. The number of carboxylic acids is 1. The van der Waals surface area contributed by atoms with Crippen molar-refractivity contribution in [3.63, 3.8) is 0 Å². The fourth-order valence-corrected chi connectivity index (χ4v) is 2.36. The molecule has 0 bridgehead atoms. The number of nitrogens with zero attached hydrogens (tertiary/aromatic N) is 1. The van der Waals surface area contributed by atoms with E-state index in [4.69, 9.17) is 9.84 Å². The fourth-order valence-electron chi connectivity index (χ4n) is 2.36. The van der Waals surface area contributed by atoms with Crippen molar-refractivity contribution in [1.29, 1.82) is 0 Å². The molecule has 1 aliphatic rings. The van der Waals surface area contributed by atoms with Gasteiger partial charge < -0.3 is 15.2 Å². The van der Waals surface area contributed by atoms with Gasteiger partial charge in [0.05, 0.1) is 16.6 Å². The number of benzene rings is 1. The Balaban J connectivity index is 2.32. The number of carboxylic acid groups (broad SMARTS) is 1. The standard InChI is InChI=1S/C13H16N2O5/c1-8-7-9(5-6-20-8)14-12-10(13(16)17)3-2-4-11(12)15(18)19/h2-4,8-9,14H,5-7H2,1H3,(H,16,17). The zero-order valence-electron chi connectivity index (χ0n) is 11.0. The summed E-state index contributed by atoms with van der Waals surface area (Å²) in [5.74, 6) is -1.18. The molecule has 1 heterocycles. The summed E-state index contributed by atoms with van der Waals surface area (Å²) in [6.07, 6.45) is 1.43. The van der Waals surface area contributed by atoms with E-state index in [-0.39, 0.29) is 29.1 Å². The van der Waals surface area contributed by atoms with Gasteiger partial charge in [-0.05, 0) is 25.8 Å². The number of carbonyl (C=O) groups is 1. The number of rotatable bonds is 4. The third-order valence-corrected chi connectivity index (χ3v) is 3.30. The van der Waals surface area contributed by atoms with Crippen molar-refractivity contribution in [2.75, 3.05) is 11.9 Å².